The topological polar surface area (TPSA) is 44.7 Å². The van der Waals surface area contributed by atoms with E-state index in [4.69, 9.17) is 4.42 Å². The SMILES string of the molecule is c1ccc2c(c1)[nH]c1oc3[nH]c4ccccc4c3c12. The van der Waals surface area contributed by atoms with Crippen molar-refractivity contribution in [1.82, 2.24) is 9.97 Å². The standard InChI is InChI=1S/C16H10N2O/c1-3-7-11-9(5-1)13-14-10-6-2-4-8-12(10)18-16(14)19-15(13)17-11/h1-8,17-18H. The van der Waals surface area contributed by atoms with Crippen molar-refractivity contribution in [2.24, 2.45) is 0 Å². The third kappa shape index (κ3) is 1.03. The Bertz CT molecular complexity index is 977. The molecule has 2 aromatic carbocycles. The van der Waals surface area contributed by atoms with Crippen molar-refractivity contribution in [2.75, 3.05) is 0 Å². The van der Waals surface area contributed by atoms with E-state index in [1.54, 1.807) is 0 Å². The van der Waals surface area contributed by atoms with E-state index in [0.717, 1.165) is 22.5 Å². The number of fused-ring (bicyclic) bond motifs is 7. The van der Waals surface area contributed by atoms with E-state index in [0.29, 0.717) is 0 Å². The monoisotopic (exact) mass is 246 g/mol. The van der Waals surface area contributed by atoms with Gasteiger partial charge in [0.05, 0.1) is 10.8 Å². The summed E-state index contributed by atoms with van der Waals surface area (Å²) in [5, 5.41) is 4.76. The summed E-state index contributed by atoms with van der Waals surface area (Å²) in [6.07, 6.45) is 0. The van der Waals surface area contributed by atoms with Gasteiger partial charge in [0, 0.05) is 21.8 Å². The van der Waals surface area contributed by atoms with Crippen LogP contribution in [0.4, 0.5) is 0 Å². The van der Waals surface area contributed by atoms with Gasteiger partial charge in [-0.25, -0.2) is 0 Å². The van der Waals surface area contributed by atoms with Crippen molar-refractivity contribution in [3.63, 3.8) is 0 Å². The molecule has 0 unspecified atom stereocenters. The lowest BCUT2D eigenvalue weighted by Gasteiger charge is -1.89. The fraction of sp³-hybridized carbons (Fsp3) is 0. The minimum atomic E-state index is 0.841. The van der Waals surface area contributed by atoms with E-state index < -0.39 is 0 Å². The molecule has 5 aromatic rings. The normalized spacial score (nSPS) is 12.2. The summed E-state index contributed by atoms with van der Waals surface area (Å²) in [6.45, 7) is 0. The zero-order valence-electron chi connectivity index (χ0n) is 10.0. The highest BCUT2D eigenvalue weighted by molar-refractivity contribution is 6.26. The Hall–Kier alpha value is -2.68. The molecule has 0 aliphatic rings. The highest BCUT2D eigenvalue weighted by Crippen LogP contribution is 2.38. The minimum Gasteiger partial charge on any atom is -0.423 e. The predicted octanol–water partition coefficient (Wildman–Crippen LogP) is 4.55. The van der Waals surface area contributed by atoms with Crippen molar-refractivity contribution in [3.8, 4) is 0 Å². The number of H-pyrrole nitrogens is 2. The van der Waals surface area contributed by atoms with Crippen molar-refractivity contribution < 1.29 is 4.42 Å². The third-order valence-corrected chi connectivity index (χ3v) is 3.80. The van der Waals surface area contributed by atoms with Gasteiger partial charge in [-0.15, -0.1) is 0 Å². The van der Waals surface area contributed by atoms with Crippen molar-refractivity contribution in [2.45, 2.75) is 0 Å². The van der Waals surface area contributed by atoms with Crippen LogP contribution in [0, 0.1) is 0 Å². The van der Waals surface area contributed by atoms with Crippen LogP contribution >= 0.6 is 0 Å². The van der Waals surface area contributed by atoms with Crippen molar-refractivity contribution >= 4 is 44.0 Å². The van der Waals surface area contributed by atoms with E-state index in [1.165, 1.54) is 21.5 Å². The Kier molecular flexibility index (Phi) is 1.47. The third-order valence-electron chi connectivity index (χ3n) is 3.80. The number of aromatic amines is 2. The number of hydrogen-bond donors (Lipinski definition) is 2. The zero-order valence-corrected chi connectivity index (χ0v) is 10.0. The zero-order chi connectivity index (χ0) is 12.4. The Labute approximate surface area is 107 Å². The summed E-state index contributed by atoms with van der Waals surface area (Å²) >= 11 is 0. The first-order chi connectivity index (χ1) is 9.42. The van der Waals surface area contributed by atoms with E-state index >= 15 is 0 Å². The molecule has 19 heavy (non-hydrogen) atoms. The van der Waals surface area contributed by atoms with Gasteiger partial charge < -0.3 is 14.4 Å². The molecule has 0 saturated heterocycles. The first kappa shape index (κ1) is 9.28. The van der Waals surface area contributed by atoms with E-state index in [-0.39, 0.29) is 0 Å². The second kappa shape index (κ2) is 3.01. The van der Waals surface area contributed by atoms with Crippen LogP contribution in [0.25, 0.3) is 44.0 Å². The maximum atomic E-state index is 5.91. The van der Waals surface area contributed by atoms with Crippen LogP contribution in [0.2, 0.25) is 0 Å². The Morgan fingerprint density at radius 3 is 1.63 bits per heavy atom. The van der Waals surface area contributed by atoms with E-state index in [1.807, 2.05) is 12.1 Å². The van der Waals surface area contributed by atoms with Crippen LogP contribution in [0.3, 0.4) is 0 Å². The number of furan rings is 1. The lowest BCUT2D eigenvalue weighted by atomic mass is 10.1. The average Bonchev–Trinajstić information content (AvgIpc) is 3.04. The van der Waals surface area contributed by atoms with E-state index in [2.05, 4.69) is 46.4 Å². The molecule has 3 heterocycles. The summed E-state index contributed by atoms with van der Waals surface area (Å²) in [5.41, 5.74) is 3.91. The second-order valence-electron chi connectivity index (χ2n) is 4.85. The second-order valence-corrected chi connectivity index (χ2v) is 4.85. The number of nitrogens with one attached hydrogen (secondary N) is 2. The average molecular weight is 246 g/mol. The molecule has 0 aliphatic carbocycles. The molecule has 3 aromatic heterocycles. The maximum Gasteiger partial charge on any atom is 0.208 e. The lowest BCUT2D eigenvalue weighted by molar-refractivity contribution is 0.645. The molecule has 0 aliphatic heterocycles. The van der Waals surface area contributed by atoms with Crippen LogP contribution in [-0.2, 0) is 0 Å². The molecule has 0 fully saturated rings. The Balaban J connectivity index is 2.16. The van der Waals surface area contributed by atoms with Crippen LogP contribution in [-0.4, -0.2) is 9.97 Å². The molecule has 2 N–H and O–H groups in total. The van der Waals surface area contributed by atoms with Crippen molar-refractivity contribution in [3.05, 3.63) is 48.5 Å². The van der Waals surface area contributed by atoms with Gasteiger partial charge in [-0.2, -0.15) is 0 Å². The number of para-hydroxylation sites is 2. The van der Waals surface area contributed by atoms with Crippen molar-refractivity contribution in [1.29, 1.82) is 0 Å². The quantitative estimate of drug-likeness (QED) is 0.413. The van der Waals surface area contributed by atoms with Gasteiger partial charge in [-0.3, -0.25) is 0 Å². The summed E-state index contributed by atoms with van der Waals surface area (Å²) in [6, 6.07) is 16.6. The minimum absolute atomic E-state index is 0.841. The Morgan fingerprint density at radius 1 is 0.632 bits per heavy atom. The van der Waals surface area contributed by atoms with Gasteiger partial charge in [0.15, 0.2) is 0 Å². The van der Waals surface area contributed by atoms with Gasteiger partial charge in [0.1, 0.15) is 0 Å². The summed E-state index contributed by atoms with van der Waals surface area (Å²) in [5.74, 6) is 0. The number of hydrogen-bond acceptors (Lipinski definition) is 1. The molecule has 0 radical (unpaired) electrons. The number of benzene rings is 2. The Morgan fingerprint density at radius 2 is 1.11 bits per heavy atom. The lowest BCUT2D eigenvalue weighted by Crippen LogP contribution is -1.66. The molecule has 0 amide bonds. The molecule has 3 nitrogen and oxygen atoms in total. The molecule has 0 spiro atoms. The fourth-order valence-electron chi connectivity index (χ4n) is 2.99. The molecule has 5 rings (SSSR count). The fourth-order valence-corrected chi connectivity index (χ4v) is 2.99. The largest absolute Gasteiger partial charge is 0.423 e. The molecular formula is C16H10N2O. The van der Waals surface area contributed by atoms with Crippen LogP contribution < -0.4 is 0 Å². The van der Waals surface area contributed by atoms with Gasteiger partial charge in [0.25, 0.3) is 0 Å². The van der Waals surface area contributed by atoms with Gasteiger partial charge in [-0.1, -0.05) is 36.4 Å². The first-order valence-corrected chi connectivity index (χ1v) is 6.31. The van der Waals surface area contributed by atoms with Gasteiger partial charge in [-0.05, 0) is 12.1 Å². The highest BCUT2D eigenvalue weighted by Gasteiger charge is 2.16. The highest BCUT2D eigenvalue weighted by atomic mass is 16.3. The predicted molar refractivity (Wildman–Crippen MR) is 77.4 cm³/mol. The molecule has 90 valence electrons. The van der Waals surface area contributed by atoms with E-state index in [9.17, 15) is 0 Å². The maximum absolute atomic E-state index is 5.91. The summed E-state index contributed by atoms with van der Waals surface area (Å²) in [4.78, 5) is 6.66. The molecule has 3 heteroatoms. The smallest absolute Gasteiger partial charge is 0.208 e. The molecule has 0 atom stereocenters. The van der Waals surface area contributed by atoms with Crippen LogP contribution in [0.1, 0.15) is 0 Å². The molecular weight excluding hydrogens is 236 g/mol. The van der Waals surface area contributed by atoms with Gasteiger partial charge in [0.2, 0.25) is 11.4 Å². The summed E-state index contributed by atoms with van der Waals surface area (Å²) < 4.78 is 5.91. The van der Waals surface area contributed by atoms with Gasteiger partial charge >= 0.3 is 0 Å². The van der Waals surface area contributed by atoms with Crippen LogP contribution in [0.15, 0.2) is 52.9 Å². The molecule has 0 bridgehead atoms. The van der Waals surface area contributed by atoms with Crippen LogP contribution in [0.5, 0.6) is 0 Å². The number of aromatic nitrogens is 2. The summed E-state index contributed by atoms with van der Waals surface area (Å²) in [7, 11) is 0. The molecule has 0 saturated carbocycles. The first-order valence-electron chi connectivity index (χ1n) is 6.31. The number of rotatable bonds is 0.